The summed E-state index contributed by atoms with van der Waals surface area (Å²) in [7, 11) is 1.57. The van der Waals surface area contributed by atoms with Crippen molar-refractivity contribution in [2.45, 2.75) is 12.5 Å². The number of nitrogens with zero attached hydrogens (tertiary/aromatic N) is 1. The van der Waals surface area contributed by atoms with Gasteiger partial charge in [0, 0.05) is 0 Å². The molecule has 0 radical (unpaired) electrons. The van der Waals surface area contributed by atoms with E-state index in [2.05, 4.69) is 0 Å². The number of methoxy groups -OCH3 is 1. The molecule has 0 aromatic heterocycles. The molecule has 0 saturated heterocycles. The van der Waals surface area contributed by atoms with Crippen LogP contribution in [0.4, 0.5) is 0 Å². The summed E-state index contributed by atoms with van der Waals surface area (Å²) >= 11 is 0. The largest absolute Gasteiger partial charge is 0.497 e. The normalized spacial score (nSPS) is 15.4. The van der Waals surface area contributed by atoms with E-state index in [1.807, 2.05) is 12.1 Å². The Morgan fingerprint density at radius 2 is 1.50 bits per heavy atom. The quantitative estimate of drug-likeness (QED) is 0.706. The summed E-state index contributed by atoms with van der Waals surface area (Å²) in [6.45, 7) is 1.38. The predicted molar refractivity (Wildman–Crippen MR) is 102 cm³/mol. The number of amides is 2. The number of hydrogen-bond acceptors (Lipinski definition) is 4. The molecule has 0 fully saturated rings. The van der Waals surface area contributed by atoms with Gasteiger partial charge < -0.3 is 9.84 Å². The topological polar surface area (TPSA) is 83.9 Å². The lowest BCUT2D eigenvalue weighted by atomic mass is 9.88. The first-order valence-electron chi connectivity index (χ1n) is 8.67. The Morgan fingerprint density at radius 3 is 2.07 bits per heavy atom. The van der Waals surface area contributed by atoms with Crippen LogP contribution in [-0.2, 0) is 10.3 Å². The number of imide groups is 1. The van der Waals surface area contributed by atoms with Gasteiger partial charge in [-0.1, -0.05) is 30.3 Å². The van der Waals surface area contributed by atoms with Crippen LogP contribution >= 0.6 is 0 Å². The Morgan fingerprint density at radius 1 is 0.929 bits per heavy atom. The van der Waals surface area contributed by atoms with Crippen LogP contribution in [0.15, 0.2) is 60.7 Å². The third kappa shape index (κ3) is 2.38. The number of benzene rings is 3. The molecular weight excluding hydrogens is 358 g/mol. The van der Waals surface area contributed by atoms with Gasteiger partial charge >= 0.3 is 5.97 Å². The number of carboxylic acids is 1. The van der Waals surface area contributed by atoms with Crippen LogP contribution in [0.3, 0.4) is 0 Å². The van der Waals surface area contributed by atoms with E-state index in [-0.39, 0.29) is 11.1 Å². The van der Waals surface area contributed by atoms with Crippen molar-refractivity contribution in [3.8, 4) is 5.75 Å². The summed E-state index contributed by atoms with van der Waals surface area (Å²) < 4.78 is 5.21. The lowest BCUT2D eigenvalue weighted by Gasteiger charge is -2.34. The molecular formula is C22H17NO5. The molecule has 0 aliphatic carbocycles. The number of ether oxygens (including phenoxy) is 1. The first-order valence-corrected chi connectivity index (χ1v) is 8.67. The first-order chi connectivity index (χ1) is 13.4. The van der Waals surface area contributed by atoms with Gasteiger partial charge in [0.1, 0.15) is 5.75 Å². The highest BCUT2D eigenvalue weighted by Gasteiger charge is 2.52. The van der Waals surface area contributed by atoms with Gasteiger partial charge in [0.05, 0.1) is 18.2 Å². The number of carbonyl (C=O) groups excluding carboxylic acids is 2. The monoisotopic (exact) mass is 375 g/mol. The SMILES string of the molecule is COc1ccc2cc([C@@](C)(C(=O)O)N3C(=O)c4ccccc4C3=O)ccc2c1. The Balaban J connectivity index is 1.87. The van der Waals surface area contributed by atoms with Crippen LogP contribution < -0.4 is 4.74 Å². The lowest BCUT2D eigenvalue weighted by molar-refractivity contribution is -0.148. The molecule has 1 aliphatic heterocycles. The molecule has 0 unspecified atom stereocenters. The second kappa shape index (κ2) is 6.20. The fourth-order valence-electron chi connectivity index (χ4n) is 3.60. The summed E-state index contributed by atoms with van der Waals surface area (Å²) in [6.07, 6.45) is 0. The molecule has 0 saturated carbocycles. The van der Waals surface area contributed by atoms with E-state index in [0.29, 0.717) is 11.3 Å². The van der Waals surface area contributed by atoms with Crippen LogP contribution in [0.1, 0.15) is 33.2 Å². The molecule has 4 rings (SSSR count). The van der Waals surface area contributed by atoms with Gasteiger partial charge in [0.25, 0.3) is 11.8 Å². The first kappa shape index (κ1) is 17.7. The van der Waals surface area contributed by atoms with Crippen molar-refractivity contribution >= 4 is 28.6 Å². The second-order valence-electron chi connectivity index (χ2n) is 6.80. The highest BCUT2D eigenvalue weighted by Crippen LogP contribution is 2.37. The van der Waals surface area contributed by atoms with Crippen molar-refractivity contribution in [3.05, 3.63) is 77.4 Å². The number of rotatable bonds is 4. The minimum absolute atomic E-state index is 0.213. The standard InChI is InChI=1S/C22H17NO5/c1-22(21(26)27,23-19(24)17-5-3-4-6-18(17)20(23)25)15-9-7-14-12-16(28-2)10-8-13(14)11-15/h3-12H,1-2H3,(H,26,27)/t22-/m0/s1. The minimum Gasteiger partial charge on any atom is -0.497 e. The highest BCUT2D eigenvalue weighted by molar-refractivity contribution is 6.23. The predicted octanol–water partition coefficient (Wildman–Crippen LogP) is 3.44. The van der Waals surface area contributed by atoms with E-state index in [9.17, 15) is 19.5 Å². The average molecular weight is 375 g/mol. The number of hydrogen-bond donors (Lipinski definition) is 1. The molecule has 0 bridgehead atoms. The minimum atomic E-state index is -1.85. The van der Waals surface area contributed by atoms with Gasteiger partial charge in [0.2, 0.25) is 0 Å². The summed E-state index contributed by atoms with van der Waals surface area (Å²) in [5, 5.41) is 11.7. The number of aliphatic carboxylic acids is 1. The fourth-order valence-corrected chi connectivity index (χ4v) is 3.60. The molecule has 1 heterocycles. The smallest absolute Gasteiger partial charge is 0.334 e. The molecule has 1 aliphatic rings. The summed E-state index contributed by atoms with van der Waals surface area (Å²) in [5.74, 6) is -1.82. The number of fused-ring (bicyclic) bond motifs is 2. The summed E-state index contributed by atoms with van der Waals surface area (Å²) in [4.78, 5) is 39.0. The zero-order chi connectivity index (χ0) is 20.1. The van der Waals surface area contributed by atoms with E-state index in [1.165, 1.54) is 19.1 Å². The van der Waals surface area contributed by atoms with Crippen molar-refractivity contribution in [1.82, 2.24) is 4.90 Å². The second-order valence-corrected chi connectivity index (χ2v) is 6.80. The zero-order valence-corrected chi connectivity index (χ0v) is 15.3. The summed E-state index contributed by atoms with van der Waals surface area (Å²) in [5.41, 5.74) is -1.08. The average Bonchev–Trinajstić information content (AvgIpc) is 2.97. The van der Waals surface area contributed by atoms with Gasteiger partial charge in [-0.3, -0.25) is 14.5 Å². The molecule has 140 valence electrons. The van der Waals surface area contributed by atoms with Gasteiger partial charge in [-0.25, -0.2) is 4.79 Å². The maximum absolute atomic E-state index is 12.9. The molecule has 1 N–H and O–H groups in total. The van der Waals surface area contributed by atoms with E-state index in [1.54, 1.807) is 43.5 Å². The number of carbonyl (C=O) groups is 3. The highest BCUT2D eigenvalue weighted by atomic mass is 16.5. The molecule has 28 heavy (non-hydrogen) atoms. The lowest BCUT2D eigenvalue weighted by Crippen LogP contribution is -2.52. The van der Waals surface area contributed by atoms with Crippen molar-refractivity contribution in [1.29, 1.82) is 0 Å². The molecule has 6 nitrogen and oxygen atoms in total. The molecule has 2 amide bonds. The zero-order valence-electron chi connectivity index (χ0n) is 15.3. The molecule has 1 atom stereocenters. The summed E-state index contributed by atoms with van der Waals surface area (Å²) in [6, 6.07) is 16.8. The van der Waals surface area contributed by atoms with Crippen molar-refractivity contribution in [3.63, 3.8) is 0 Å². The van der Waals surface area contributed by atoms with Gasteiger partial charge in [0.15, 0.2) is 5.54 Å². The van der Waals surface area contributed by atoms with Crippen molar-refractivity contribution in [2.75, 3.05) is 7.11 Å². The van der Waals surface area contributed by atoms with Gasteiger partial charge in [-0.2, -0.15) is 0 Å². The molecule has 3 aromatic carbocycles. The van der Waals surface area contributed by atoms with Crippen molar-refractivity contribution in [2.24, 2.45) is 0 Å². The Hall–Kier alpha value is -3.67. The Labute approximate surface area is 161 Å². The van der Waals surface area contributed by atoms with Crippen LogP contribution in [0, 0.1) is 0 Å². The van der Waals surface area contributed by atoms with E-state index >= 15 is 0 Å². The fraction of sp³-hybridized carbons (Fsp3) is 0.136. The van der Waals surface area contributed by atoms with E-state index < -0.39 is 23.3 Å². The van der Waals surface area contributed by atoms with Crippen LogP contribution in [0.25, 0.3) is 10.8 Å². The van der Waals surface area contributed by atoms with Crippen LogP contribution in [0.5, 0.6) is 5.75 Å². The third-order valence-corrected chi connectivity index (χ3v) is 5.27. The Bertz CT molecular complexity index is 1120. The maximum atomic E-state index is 12.9. The Kier molecular flexibility index (Phi) is 3.92. The molecule has 6 heteroatoms. The van der Waals surface area contributed by atoms with Gasteiger partial charge in [-0.05, 0) is 53.6 Å². The van der Waals surface area contributed by atoms with Gasteiger partial charge in [-0.15, -0.1) is 0 Å². The van der Waals surface area contributed by atoms with Crippen molar-refractivity contribution < 1.29 is 24.2 Å². The van der Waals surface area contributed by atoms with E-state index in [0.717, 1.165) is 15.7 Å². The van der Waals surface area contributed by atoms with Crippen LogP contribution in [0.2, 0.25) is 0 Å². The molecule has 0 spiro atoms. The van der Waals surface area contributed by atoms with Crippen LogP contribution in [-0.4, -0.2) is 34.9 Å². The maximum Gasteiger partial charge on any atom is 0.334 e. The van der Waals surface area contributed by atoms with E-state index in [4.69, 9.17) is 4.74 Å². The molecule has 3 aromatic rings. The third-order valence-electron chi connectivity index (χ3n) is 5.27. The number of carboxylic acid groups (broad SMARTS) is 1.